The van der Waals surface area contributed by atoms with E-state index in [0.717, 1.165) is 11.1 Å². The van der Waals surface area contributed by atoms with Crippen molar-refractivity contribution in [2.24, 2.45) is 5.73 Å². The number of carbonyl (C=O) groups excluding carboxylic acids is 1. The molecule has 0 aliphatic rings. The Hall–Kier alpha value is -1.58. The van der Waals surface area contributed by atoms with Gasteiger partial charge >= 0.3 is 0 Å². The first-order valence-electron chi connectivity index (χ1n) is 4.78. The fraction of sp³-hybridized carbons (Fsp3) is 0. The van der Waals surface area contributed by atoms with E-state index < -0.39 is 5.91 Å². The molecular weight excluding hydrogens is 259 g/mol. The van der Waals surface area contributed by atoms with Gasteiger partial charge in [-0.05, 0) is 29.8 Å². The van der Waals surface area contributed by atoms with Gasteiger partial charge < -0.3 is 5.73 Å². The van der Waals surface area contributed by atoms with Crippen LogP contribution in [0.4, 0.5) is 0 Å². The van der Waals surface area contributed by atoms with Gasteiger partial charge in [-0.25, -0.2) is 0 Å². The lowest BCUT2D eigenvalue weighted by Crippen LogP contribution is -2.12. The largest absolute Gasteiger partial charge is 0.364 e. The van der Waals surface area contributed by atoms with Crippen LogP contribution in [-0.4, -0.2) is 10.9 Å². The maximum absolute atomic E-state index is 10.9. The Bertz CT molecular complexity index is 547. The first-order chi connectivity index (χ1) is 8.06. The smallest absolute Gasteiger partial charge is 0.267 e. The van der Waals surface area contributed by atoms with Crippen molar-refractivity contribution in [3.05, 3.63) is 52.3 Å². The summed E-state index contributed by atoms with van der Waals surface area (Å²) in [7, 11) is 0. The molecule has 0 radical (unpaired) electrons. The number of aromatic nitrogens is 1. The molecule has 3 nitrogen and oxygen atoms in total. The van der Waals surface area contributed by atoms with E-state index >= 15 is 0 Å². The Morgan fingerprint density at radius 3 is 2.18 bits per heavy atom. The van der Waals surface area contributed by atoms with Crippen molar-refractivity contribution in [3.8, 4) is 11.1 Å². The Labute approximate surface area is 108 Å². The van der Waals surface area contributed by atoms with Crippen molar-refractivity contribution in [1.82, 2.24) is 4.98 Å². The molecule has 5 heteroatoms. The molecular formula is C12H8Cl2N2O. The van der Waals surface area contributed by atoms with Gasteiger partial charge in [0.15, 0.2) is 0 Å². The van der Waals surface area contributed by atoms with E-state index in [1.807, 2.05) is 0 Å². The average molecular weight is 267 g/mol. The molecule has 86 valence electrons. The van der Waals surface area contributed by atoms with Crippen molar-refractivity contribution in [3.63, 3.8) is 0 Å². The quantitative estimate of drug-likeness (QED) is 0.908. The summed E-state index contributed by atoms with van der Waals surface area (Å²) in [6.07, 6.45) is 1.56. The maximum atomic E-state index is 10.9. The monoisotopic (exact) mass is 266 g/mol. The maximum Gasteiger partial charge on any atom is 0.267 e. The Morgan fingerprint density at radius 1 is 1.06 bits per heavy atom. The summed E-state index contributed by atoms with van der Waals surface area (Å²) in [6.45, 7) is 0. The molecule has 0 bridgehead atoms. The summed E-state index contributed by atoms with van der Waals surface area (Å²) in [6, 6.07) is 8.50. The van der Waals surface area contributed by atoms with Crippen LogP contribution in [0.1, 0.15) is 10.5 Å². The second-order valence-corrected chi connectivity index (χ2v) is 4.33. The zero-order chi connectivity index (χ0) is 12.4. The van der Waals surface area contributed by atoms with Crippen molar-refractivity contribution < 1.29 is 4.79 Å². The standard InChI is InChI=1S/C12H8Cl2N2O/c13-9-3-8(4-10(14)5-9)7-1-2-11(12(15)17)16-6-7/h1-6H,(H2,15,17). The molecule has 1 amide bonds. The van der Waals surface area contributed by atoms with Crippen molar-refractivity contribution >= 4 is 29.1 Å². The number of hydrogen-bond donors (Lipinski definition) is 1. The summed E-state index contributed by atoms with van der Waals surface area (Å²) >= 11 is 11.8. The number of nitrogens with zero attached hydrogens (tertiary/aromatic N) is 1. The van der Waals surface area contributed by atoms with Crippen LogP contribution in [0, 0.1) is 0 Å². The highest BCUT2D eigenvalue weighted by atomic mass is 35.5. The van der Waals surface area contributed by atoms with Crippen LogP contribution in [0.5, 0.6) is 0 Å². The Morgan fingerprint density at radius 2 is 1.71 bits per heavy atom. The number of pyridine rings is 1. The molecule has 2 rings (SSSR count). The molecule has 2 aromatic rings. The molecule has 1 heterocycles. The number of primary amides is 1. The van der Waals surface area contributed by atoms with E-state index in [-0.39, 0.29) is 5.69 Å². The Balaban J connectivity index is 2.43. The highest BCUT2D eigenvalue weighted by Crippen LogP contribution is 2.26. The van der Waals surface area contributed by atoms with Gasteiger partial charge in [0.25, 0.3) is 5.91 Å². The first-order valence-corrected chi connectivity index (χ1v) is 5.54. The fourth-order valence-corrected chi connectivity index (χ4v) is 1.96. The van der Waals surface area contributed by atoms with E-state index in [4.69, 9.17) is 28.9 Å². The minimum Gasteiger partial charge on any atom is -0.364 e. The molecule has 0 saturated carbocycles. The van der Waals surface area contributed by atoms with Crippen molar-refractivity contribution in [2.45, 2.75) is 0 Å². The summed E-state index contributed by atoms with van der Waals surface area (Å²) in [5, 5.41) is 1.10. The van der Waals surface area contributed by atoms with Crippen LogP contribution in [0.3, 0.4) is 0 Å². The number of benzene rings is 1. The van der Waals surface area contributed by atoms with E-state index in [1.165, 1.54) is 0 Å². The number of rotatable bonds is 2. The highest BCUT2D eigenvalue weighted by molar-refractivity contribution is 6.35. The average Bonchev–Trinajstić information content (AvgIpc) is 2.28. The van der Waals surface area contributed by atoms with Gasteiger partial charge in [0, 0.05) is 21.8 Å². The fourth-order valence-electron chi connectivity index (χ4n) is 1.43. The minimum atomic E-state index is -0.555. The Kier molecular flexibility index (Phi) is 3.31. The third-order valence-corrected chi connectivity index (χ3v) is 2.65. The predicted molar refractivity (Wildman–Crippen MR) is 68.2 cm³/mol. The zero-order valence-corrected chi connectivity index (χ0v) is 10.2. The lowest BCUT2D eigenvalue weighted by atomic mass is 10.1. The van der Waals surface area contributed by atoms with E-state index in [1.54, 1.807) is 36.5 Å². The van der Waals surface area contributed by atoms with Crippen LogP contribution in [0.2, 0.25) is 10.0 Å². The molecule has 0 atom stereocenters. The summed E-state index contributed by atoms with van der Waals surface area (Å²) < 4.78 is 0. The number of amides is 1. The van der Waals surface area contributed by atoms with E-state index in [2.05, 4.69) is 4.98 Å². The molecule has 0 fully saturated rings. The van der Waals surface area contributed by atoms with E-state index in [0.29, 0.717) is 10.0 Å². The lowest BCUT2D eigenvalue weighted by molar-refractivity contribution is 0.0995. The van der Waals surface area contributed by atoms with Gasteiger partial charge in [-0.1, -0.05) is 29.3 Å². The number of nitrogens with two attached hydrogens (primary N) is 1. The first kappa shape index (κ1) is 11.9. The topological polar surface area (TPSA) is 56.0 Å². The van der Waals surface area contributed by atoms with Gasteiger partial charge in [0.05, 0.1) is 0 Å². The molecule has 1 aromatic carbocycles. The second-order valence-electron chi connectivity index (χ2n) is 3.45. The van der Waals surface area contributed by atoms with Crippen LogP contribution >= 0.6 is 23.2 Å². The molecule has 17 heavy (non-hydrogen) atoms. The molecule has 0 unspecified atom stereocenters. The summed E-state index contributed by atoms with van der Waals surface area (Å²) in [4.78, 5) is 14.8. The van der Waals surface area contributed by atoms with Gasteiger partial charge in [0.2, 0.25) is 0 Å². The third-order valence-electron chi connectivity index (χ3n) is 2.21. The number of halogens is 2. The number of carbonyl (C=O) groups is 1. The molecule has 1 aromatic heterocycles. The van der Waals surface area contributed by atoms with Gasteiger partial charge in [-0.15, -0.1) is 0 Å². The minimum absolute atomic E-state index is 0.224. The molecule has 0 saturated heterocycles. The van der Waals surface area contributed by atoms with Crippen molar-refractivity contribution in [2.75, 3.05) is 0 Å². The van der Waals surface area contributed by atoms with Gasteiger partial charge in [0.1, 0.15) is 5.69 Å². The molecule has 0 aliphatic carbocycles. The van der Waals surface area contributed by atoms with Crippen molar-refractivity contribution in [1.29, 1.82) is 0 Å². The van der Waals surface area contributed by atoms with E-state index in [9.17, 15) is 4.79 Å². The lowest BCUT2D eigenvalue weighted by Gasteiger charge is -2.03. The molecule has 0 aliphatic heterocycles. The van der Waals surface area contributed by atoms with Gasteiger partial charge in [-0.3, -0.25) is 9.78 Å². The third kappa shape index (κ3) is 2.75. The van der Waals surface area contributed by atoms with Crippen LogP contribution in [0.25, 0.3) is 11.1 Å². The predicted octanol–water partition coefficient (Wildman–Crippen LogP) is 3.15. The molecule has 2 N–H and O–H groups in total. The highest BCUT2D eigenvalue weighted by Gasteiger charge is 2.04. The normalized spacial score (nSPS) is 10.2. The van der Waals surface area contributed by atoms with Gasteiger partial charge in [-0.2, -0.15) is 0 Å². The molecule has 0 spiro atoms. The zero-order valence-electron chi connectivity index (χ0n) is 8.65. The van der Waals surface area contributed by atoms with Crippen LogP contribution in [-0.2, 0) is 0 Å². The van der Waals surface area contributed by atoms with Crippen LogP contribution < -0.4 is 5.73 Å². The number of hydrogen-bond acceptors (Lipinski definition) is 2. The SMILES string of the molecule is NC(=O)c1ccc(-c2cc(Cl)cc(Cl)c2)cn1. The van der Waals surface area contributed by atoms with Crippen LogP contribution in [0.15, 0.2) is 36.5 Å². The second kappa shape index (κ2) is 4.73. The summed E-state index contributed by atoms with van der Waals surface area (Å²) in [5.41, 5.74) is 6.99. The summed E-state index contributed by atoms with van der Waals surface area (Å²) in [5.74, 6) is -0.555.